The molecule has 0 spiro atoms. The van der Waals surface area contributed by atoms with Crippen LogP contribution in [0.1, 0.15) is 29.8 Å². The first kappa shape index (κ1) is 33.5. The largest absolute Gasteiger partial charge is 0.480 e. The standard InChI is InChI=1S/C26H42N5O8P/c1-20(2)27-26(38)22-5-3-21(4-6-22)18-40(39)19-31-13-11-29(16-24(34)35)9-7-28(15-23(32)33)8-10-30(12-14-31)17-25(36)37/h3-6,20,39H,7-19H2,1-2H3,(H,27,38)(H,32,33)(H,34,35)(H,36,37). The molecule has 0 aliphatic carbocycles. The fourth-order valence-electron chi connectivity index (χ4n) is 4.37. The van der Waals surface area contributed by atoms with Gasteiger partial charge in [0.2, 0.25) is 0 Å². The minimum Gasteiger partial charge on any atom is -0.480 e. The Kier molecular flexibility index (Phi) is 14.4. The van der Waals surface area contributed by atoms with Gasteiger partial charge < -0.3 is 25.5 Å². The van der Waals surface area contributed by atoms with Crippen LogP contribution in [0.3, 0.4) is 0 Å². The maximum absolute atomic E-state index is 12.2. The lowest BCUT2D eigenvalue weighted by atomic mass is 10.1. The highest BCUT2D eigenvalue weighted by atomic mass is 31.1. The number of amides is 1. The second-order valence-electron chi connectivity index (χ2n) is 10.3. The molecule has 1 aliphatic heterocycles. The third kappa shape index (κ3) is 13.6. The Morgan fingerprint density at radius 3 is 1.45 bits per heavy atom. The lowest BCUT2D eigenvalue weighted by Crippen LogP contribution is -2.48. The molecule has 1 amide bonds. The van der Waals surface area contributed by atoms with E-state index in [0.717, 1.165) is 5.56 Å². The van der Waals surface area contributed by atoms with Gasteiger partial charge in [0.1, 0.15) is 0 Å². The number of benzene rings is 1. The summed E-state index contributed by atoms with van der Waals surface area (Å²) in [4.78, 5) is 64.6. The van der Waals surface area contributed by atoms with Crippen molar-refractivity contribution in [3.8, 4) is 0 Å². The monoisotopic (exact) mass is 583 g/mol. The van der Waals surface area contributed by atoms with E-state index in [0.29, 0.717) is 70.4 Å². The highest BCUT2D eigenvalue weighted by molar-refractivity contribution is 7.50. The van der Waals surface area contributed by atoms with Gasteiger partial charge in [-0.25, -0.2) is 0 Å². The molecule has 14 heteroatoms. The summed E-state index contributed by atoms with van der Waals surface area (Å²) >= 11 is 0. The van der Waals surface area contributed by atoms with Gasteiger partial charge in [-0.1, -0.05) is 12.1 Å². The Morgan fingerprint density at radius 1 is 0.725 bits per heavy atom. The van der Waals surface area contributed by atoms with Crippen LogP contribution in [0, 0.1) is 0 Å². The van der Waals surface area contributed by atoms with E-state index in [2.05, 4.69) is 5.32 Å². The molecule has 1 unspecified atom stereocenters. The zero-order chi connectivity index (χ0) is 29.7. The van der Waals surface area contributed by atoms with Crippen molar-refractivity contribution in [3.63, 3.8) is 0 Å². The van der Waals surface area contributed by atoms with Gasteiger partial charge in [0.15, 0.2) is 0 Å². The highest BCUT2D eigenvalue weighted by Gasteiger charge is 2.21. The fraction of sp³-hybridized carbons (Fsp3) is 0.615. The van der Waals surface area contributed by atoms with Crippen LogP contribution in [0.25, 0.3) is 0 Å². The van der Waals surface area contributed by atoms with Crippen LogP contribution in [0.2, 0.25) is 0 Å². The van der Waals surface area contributed by atoms with Gasteiger partial charge in [-0.15, -0.1) is 0 Å². The Bertz CT molecular complexity index is 948. The maximum Gasteiger partial charge on any atom is 0.317 e. The highest BCUT2D eigenvalue weighted by Crippen LogP contribution is 2.35. The number of carboxylic acid groups (broad SMARTS) is 3. The van der Waals surface area contributed by atoms with Crippen molar-refractivity contribution >= 4 is 32.0 Å². The quantitative estimate of drug-likeness (QED) is 0.211. The van der Waals surface area contributed by atoms with Crippen LogP contribution in [0.4, 0.5) is 0 Å². The van der Waals surface area contributed by atoms with Gasteiger partial charge in [-0.2, -0.15) is 0 Å². The molecule has 1 fully saturated rings. The SMILES string of the molecule is CC(C)NC(=O)c1ccc(CP(O)CN2CCN(CC(=O)O)CCN(CC(=O)O)CCN(CC(=O)O)CC2)cc1. The summed E-state index contributed by atoms with van der Waals surface area (Å²) in [6, 6.07) is 7.13. The van der Waals surface area contributed by atoms with Crippen LogP contribution < -0.4 is 5.32 Å². The number of nitrogens with zero attached hydrogens (tertiary/aromatic N) is 4. The van der Waals surface area contributed by atoms with Crippen molar-refractivity contribution < 1.29 is 39.4 Å². The van der Waals surface area contributed by atoms with E-state index in [9.17, 15) is 39.4 Å². The summed E-state index contributed by atoms with van der Waals surface area (Å²) in [5, 5.41) is 30.8. The third-order valence-electron chi connectivity index (χ3n) is 6.37. The Hall–Kier alpha value is -2.67. The van der Waals surface area contributed by atoms with Crippen molar-refractivity contribution in [2.24, 2.45) is 0 Å². The average Bonchev–Trinajstić information content (AvgIpc) is 2.84. The molecule has 40 heavy (non-hydrogen) atoms. The molecular formula is C26H42N5O8P. The zero-order valence-electron chi connectivity index (χ0n) is 23.2. The molecule has 0 aromatic heterocycles. The smallest absolute Gasteiger partial charge is 0.317 e. The number of aliphatic carboxylic acids is 3. The third-order valence-corrected chi connectivity index (χ3v) is 7.83. The van der Waals surface area contributed by atoms with Crippen LogP contribution in [0.15, 0.2) is 24.3 Å². The molecule has 1 atom stereocenters. The normalized spacial score (nSPS) is 18.0. The fourth-order valence-corrected chi connectivity index (χ4v) is 5.84. The Labute approximate surface area is 236 Å². The average molecular weight is 584 g/mol. The molecule has 1 aliphatic rings. The molecule has 13 nitrogen and oxygen atoms in total. The van der Waals surface area contributed by atoms with Gasteiger partial charge >= 0.3 is 17.9 Å². The van der Waals surface area contributed by atoms with Crippen LogP contribution in [-0.2, 0) is 20.5 Å². The van der Waals surface area contributed by atoms with E-state index in [1.54, 1.807) is 26.8 Å². The summed E-state index contributed by atoms with van der Waals surface area (Å²) in [5.74, 6) is -3.12. The van der Waals surface area contributed by atoms with E-state index in [1.165, 1.54) is 0 Å². The van der Waals surface area contributed by atoms with E-state index < -0.39 is 26.1 Å². The molecule has 1 aromatic carbocycles. The first-order chi connectivity index (χ1) is 18.9. The summed E-state index contributed by atoms with van der Waals surface area (Å²) in [6.07, 6.45) is 0.775. The number of carboxylic acids is 3. The minimum absolute atomic E-state index is 0.0268. The first-order valence-corrected chi connectivity index (χ1v) is 15.0. The number of rotatable bonds is 12. The van der Waals surface area contributed by atoms with E-state index in [1.807, 2.05) is 30.9 Å². The van der Waals surface area contributed by atoms with Crippen molar-refractivity contribution in [2.75, 3.05) is 78.3 Å². The van der Waals surface area contributed by atoms with E-state index in [-0.39, 0.29) is 31.6 Å². The summed E-state index contributed by atoms with van der Waals surface area (Å²) in [7, 11) is -1.46. The molecule has 5 N–H and O–H groups in total. The number of hydrogen-bond acceptors (Lipinski definition) is 9. The maximum atomic E-state index is 12.2. The first-order valence-electron chi connectivity index (χ1n) is 13.3. The number of hydrogen-bond donors (Lipinski definition) is 5. The van der Waals surface area contributed by atoms with Crippen LogP contribution in [-0.4, -0.2) is 148 Å². The van der Waals surface area contributed by atoms with Crippen molar-refractivity contribution in [1.82, 2.24) is 24.9 Å². The van der Waals surface area contributed by atoms with Gasteiger partial charge in [0.05, 0.1) is 19.6 Å². The summed E-state index contributed by atoms with van der Waals surface area (Å²) in [5.41, 5.74) is 1.43. The number of nitrogens with one attached hydrogen (secondary N) is 1. The number of carbonyl (C=O) groups is 4. The molecule has 2 rings (SSSR count). The molecule has 0 saturated carbocycles. The Morgan fingerprint density at radius 2 is 1.10 bits per heavy atom. The van der Waals surface area contributed by atoms with Crippen molar-refractivity contribution in [1.29, 1.82) is 0 Å². The molecule has 1 aromatic rings. The van der Waals surface area contributed by atoms with Gasteiger partial charge in [-0.3, -0.25) is 38.8 Å². The molecule has 224 valence electrons. The van der Waals surface area contributed by atoms with Crippen molar-refractivity contribution in [2.45, 2.75) is 26.1 Å². The molecule has 0 bridgehead atoms. The summed E-state index contributed by atoms with van der Waals surface area (Å²) < 4.78 is 0. The van der Waals surface area contributed by atoms with Crippen LogP contribution in [0.5, 0.6) is 0 Å². The van der Waals surface area contributed by atoms with E-state index >= 15 is 0 Å². The molecular weight excluding hydrogens is 541 g/mol. The minimum atomic E-state index is -1.46. The van der Waals surface area contributed by atoms with Gasteiger partial charge in [0, 0.05) is 84.6 Å². The predicted molar refractivity (Wildman–Crippen MR) is 151 cm³/mol. The Balaban J connectivity index is 2.09. The number of carbonyl (C=O) groups excluding carboxylic acids is 1. The topological polar surface area (TPSA) is 174 Å². The predicted octanol–water partition coefficient (Wildman–Crippen LogP) is 0.147. The molecule has 1 saturated heterocycles. The summed E-state index contributed by atoms with van der Waals surface area (Å²) in [6.45, 7) is 6.25. The lowest BCUT2D eigenvalue weighted by Gasteiger charge is -2.33. The van der Waals surface area contributed by atoms with Gasteiger partial charge in [-0.05, 0) is 31.5 Å². The zero-order valence-corrected chi connectivity index (χ0v) is 24.1. The molecule has 1 heterocycles. The molecule has 0 radical (unpaired) electrons. The van der Waals surface area contributed by atoms with Gasteiger partial charge in [0.25, 0.3) is 5.91 Å². The second kappa shape index (κ2) is 17.2. The van der Waals surface area contributed by atoms with Crippen LogP contribution >= 0.6 is 8.15 Å². The van der Waals surface area contributed by atoms with E-state index in [4.69, 9.17) is 0 Å². The second-order valence-corrected chi connectivity index (χ2v) is 11.9. The lowest BCUT2D eigenvalue weighted by molar-refractivity contribution is -0.140. The van der Waals surface area contributed by atoms with Crippen molar-refractivity contribution in [3.05, 3.63) is 35.4 Å².